The standard InChI is InChI=1S/C18H26O3S/c1-17-6-5-11(19)7-10(17)3-4-12-13-8-14(20)15(21)18(13,2)9-22-16(12)17/h5-6,10,12-16,20-21H,3-4,7-9H2,1-2H3/t10?,12-,13-,14?,15?,16+,17-,18-/m0/s1. The summed E-state index contributed by atoms with van der Waals surface area (Å²) in [5.41, 5.74) is -0.0516. The fourth-order valence-corrected chi connectivity index (χ4v) is 7.97. The number of carbonyl (C=O) groups excluding carboxylic acids is 1. The zero-order chi connectivity index (χ0) is 15.7. The van der Waals surface area contributed by atoms with Crippen LogP contribution in [0.5, 0.6) is 0 Å². The van der Waals surface area contributed by atoms with Gasteiger partial charge in [0.15, 0.2) is 5.78 Å². The van der Waals surface area contributed by atoms with E-state index in [0.29, 0.717) is 29.4 Å². The summed E-state index contributed by atoms with van der Waals surface area (Å²) < 4.78 is 0. The molecule has 0 amide bonds. The highest BCUT2D eigenvalue weighted by molar-refractivity contribution is 8.00. The van der Waals surface area contributed by atoms with E-state index in [2.05, 4.69) is 19.9 Å². The molecule has 0 aromatic rings. The van der Waals surface area contributed by atoms with Crippen molar-refractivity contribution in [2.45, 2.75) is 57.0 Å². The summed E-state index contributed by atoms with van der Waals surface area (Å²) in [5, 5.41) is 21.2. The third-order valence-electron chi connectivity index (χ3n) is 7.28. The van der Waals surface area contributed by atoms with E-state index in [4.69, 9.17) is 0 Å². The van der Waals surface area contributed by atoms with Crippen LogP contribution in [0.15, 0.2) is 12.2 Å². The molecule has 2 N–H and O–H groups in total. The van der Waals surface area contributed by atoms with E-state index < -0.39 is 12.2 Å². The molecule has 2 saturated carbocycles. The van der Waals surface area contributed by atoms with Crippen LogP contribution < -0.4 is 0 Å². The lowest BCUT2D eigenvalue weighted by atomic mass is 9.55. The Balaban J connectivity index is 1.68. The number of allylic oxidation sites excluding steroid dienone is 2. The summed E-state index contributed by atoms with van der Waals surface area (Å²) in [4.78, 5) is 11.8. The first-order valence-corrected chi connectivity index (χ1v) is 9.61. The lowest BCUT2D eigenvalue weighted by Gasteiger charge is -2.57. The van der Waals surface area contributed by atoms with Gasteiger partial charge in [-0.1, -0.05) is 19.9 Å². The van der Waals surface area contributed by atoms with Gasteiger partial charge in [0.25, 0.3) is 0 Å². The molecule has 4 heteroatoms. The molecule has 0 bridgehead atoms. The van der Waals surface area contributed by atoms with Crippen molar-refractivity contribution in [3.8, 4) is 0 Å². The summed E-state index contributed by atoms with van der Waals surface area (Å²) in [5.74, 6) is 2.63. The Hall–Kier alpha value is -0.320. The van der Waals surface area contributed by atoms with Gasteiger partial charge in [-0.15, -0.1) is 0 Å². The Kier molecular flexibility index (Phi) is 3.35. The minimum absolute atomic E-state index is 0.0985. The molecule has 0 aromatic carbocycles. The molecule has 3 aliphatic carbocycles. The highest BCUT2D eigenvalue weighted by atomic mass is 32.2. The van der Waals surface area contributed by atoms with E-state index >= 15 is 0 Å². The van der Waals surface area contributed by atoms with Gasteiger partial charge >= 0.3 is 0 Å². The molecule has 1 heterocycles. The molecule has 22 heavy (non-hydrogen) atoms. The topological polar surface area (TPSA) is 57.5 Å². The molecule has 3 fully saturated rings. The number of aliphatic hydroxyl groups excluding tert-OH is 2. The van der Waals surface area contributed by atoms with Crippen LogP contribution in [0.2, 0.25) is 0 Å². The first kappa shape index (κ1) is 15.2. The molecule has 3 nitrogen and oxygen atoms in total. The molecule has 0 radical (unpaired) electrons. The van der Waals surface area contributed by atoms with E-state index in [-0.39, 0.29) is 16.6 Å². The number of hydrogen-bond donors (Lipinski definition) is 2. The number of ketones is 1. The third-order valence-corrected chi connectivity index (χ3v) is 9.28. The molecule has 1 saturated heterocycles. The average molecular weight is 322 g/mol. The van der Waals surface area contributed by atoms with Gasteiger partial charge in [0, 0.05) is 28.3 Å². The van der Waals surface area contributed by atoms with Crippen LogP contribution in [0, 0.1) is 28.6 Å². The van der Waals surface area contributed by atoms with Crippen molar-refractivity contribution >= 4 is 17.5 Å². The molecule has 122 valence electrons. The Labute approximate surface area is 136 Å². The SMILES string of the molecule is C[C@]12C=CC(=O)CC1CC[C@@H]1[C@H]2SC[C@]2(C)C(O)C(O)C[C@@H]12. The molecule has 0 aromatic heterocycles. The number of thioether (sulfide) groups is 1. The first-order valence-electron chi connectivity index (χ1n) is 8.56. The summed E-state index contributed by atoms with van der Waals surface area (Å²) in [7, 11) is 0. The van der Waals surface area contributed by atoms with Crippen molar-refractivity contribution < 1.29 is 15.0 Å². The van der Waals surface area contributed by atoms with E-state index in [1.807, 2.05) is 11.8 Å². The van der Waals surface area contributed by atoms with Crippen LogP contribution in [-0.4, -0.2) is 39.2 Å². The van der Waals surface area contributed by atoms with Crippen LogP contribution in [0.25, 0.3) is 0 Å². The van der Waals surface area contributed by atoms with Gasteiger partial charge in [0.05, 0.1) is 12.2 Å². The van der Waals surface area contributed by atoms with Crippen molar-refractivity contribution in [1.82, 2.24) is 0 Å². The van der Waals surface area contributed by atoms with Crippen molar-refractivity contribution in [1.29, 1.82) is 0 Å². The highest BCUT2D eigenvalue weighted by Gasteiger charge is 2.62. The van der Waals surface area contributed by atoms with Crippen molar-refractivity contribution in [3.63, 3.8) is 0 Å². The molecule has 4 aliphatic rings. The largest absolute Gasteiger partial charge is 0.390 e. The smallest absolute Gasteiger partial charge is 0.155 e. The number of carbonyl (C=O) groups is 1. The second-order valence-corrected chi connectivity index (χ2v) is 9.53. The van der Waals surface area contributed by atoms with Gasteiger partial charge in [0.2, 0.25) is 0 Å². The third kappa shape index (κ3) is 1.87. The predicted molar refractivity (Wildman–Crippen MR) is 87.6 cm³/mol. The maximum atomic E-state index is 11.8. The van der Waals surface area contributed by atoms with Gasteiger partial charge in [-0.05, 0) is 43.1 Å². The second-order valence-electron chi connectivity index (χ2n) is 8.40. The van der Waals surface area contributed by atoms with Crippen molar-refractivity contribution in [3.05, 3.63) is 12.2 Å². The Morgan fingerprint density at radius 3 is 2.82 bits per heavy atom. The zero-order valence-corrected chi connectivity index (χ0v) is 14.2. The fraction of sp³-hybridized carbons (Fsp3) is 0.833. The molecule has 1 aliphatic heterocycles. The summed E-state index contributed by atoms with van der Waals surface area (Å²) in [6.45, 7) is 4.49. The fourth-order valence-electron chi connectivity index (χ4n) is 5.84. The normalized spacial score (nSPS) is 57.2. The van der Waals surface area contributed by atoms with Crippen LogP contribution in [0.1, 0.15) is 39.5 Å². The van der Waals surface area contributed by atoms with Crippen molar-refractivity contribution in [2.24, 2.45) is 28.6 Å². The quantitative estimate of drug-likeness (QED) is 0.719. The minimum Gasteiger partial charge on any atom is -0.390 e. The monoisotopic (exact) mass is 322 g/mol. The van der Waals surface area contributed by atoms with Crippen LogP contribution >= 0.6 is 11.8 Å². The Bertz CT molecular complexity index is 532. The molecular formula is C18H26O3S. The Morgan fingerprint density at radius 1 is 1.27 bits per heavy atom. The van der Waals surface area contributed by atoms with Crippen molar-refractivity contribution in [2.75, 3.05) is 5.75 Å². The number of rotatable bonds is 0. The highest BCUT2D eigenvalue weighted by Crippen LogP contribution is 2.64. The maximum Gasteiger partial charge on any atom is 0.155 e. The van der Waals surface area contributed by atoms with E-state index in [9.17, 15) is 15.0 Å². The molecule has 8 atom stereocenters. The van der Waals surface area contributed by atoms with Gasteiger partial charge in [-0.3, -0.25) is 4.79 Å². The van der Waals surface area contributed by atoms with Gasteiger partial charge in [-0.25, -0.2) is 0 Å². The second kappa shape index (κ2) is 4.84. The lowest BCUT2D eigenvalue weighted by molar-refractivity contribution is -0.118. The van der Waals surface area contributed by atoms with E-state index in [0.717, 1.165) is 25.0 Å². The molecule has 4 rings (SSSR count). The van der Waals surface area contributed by atoms with Gasteiger partial charge in [0.1, 0.15) is 0 Å². The molecular weight excluding hydrogens is 296 g/mol. The van der Waals surface area contributed by atoms with Crippen LogP contribution in [-0.2, 0) is 4.79 Å². The summed E-state index contributed by atoms with van der Waals surface area (Å²) >= 11 is 1.98. The number of aliphatic hydroxyl groups is 2. The zero-order valence-electron chi connectivity index (χ0n) is 13.4. The minimum atomic E-state index is -0.583. The maximum absolute atomic E-state index is 11.8. The van der Waals surface area contributed by atoms with Gasteiger partial charge < -0.3 is 10.2 Å². The van der Waals surface area contributed by atoms with Gasteiger partial charge in [-0.2, -0.15) is 11.8 Å². The van der Waals surface area contributed by atoms with E-state index in [1.54, 1.807) is 6.08 Å². The number of hydrogen-bond acceptors (Lipinski definition) is 4. The Morgan fingerprint density at radius 2 is 2.05 bits per heavy atom. The van der Waals surface area contributed by atoms with Crippen LogP contribution in [0.3, 0.4) is 0 Å². The first-order chi connectivity index (χ1) is 10.4. The van der Waals surface area contributed by atoms with Crippen LogP contribution in [0.4, 0.5) is 0 Å². The molecule has 3 unspecified atom stereocenters. The average Bonchev–Trinajstić information content (AvgIpc) is 2.72. The summed E-state index contributed by atoms with van der Waals surface area (Å²) in [6, 6.07) is 0. The molecule has 0 spiro atoms. The lowest BCUT2D eigenvalue weighted by Crippen LogP contribution is -2.55. The van der Waals surface area contributed by atoms with E-state index in [1.165, 1.54) is 0 Å². The predicted octanol–water partition coefficient (Wildman–Crippen LogP) is 2.41. The number of fused-ring (bicyclic) bond motifs is 5. The summed E-state index contributed by atoms with van der Waals surface area (Å²) in [6.07, 6.45) is 6.50.